The van der Waals surface area contributed by atoms with Crippen LogP contribution in [0.2, 0.25) is 0 Å². The number of hydrogen-bond acceptors (Lipinski definition) is 5. The van der Waals surface area contributed by atoms with Crippen molar-refractivity contribution in [1.82, 2.24) is 19.8 Å². The second-order valence-electron chi connectivity index (χ2n) is 6.34. The van der Waals surface area contributed by atoms with Gasteiger partial charge in [-0.3, -0.25) is 14.6 Å². The monoisotopic (exact) mass is 342 g/mol. The highest BCUT2D eigenvalue weighted by molar-refractivity contribution is 5.92. The minimum atomic E-state index is -0.389. The van der Waals surface area contributed by atoms with Crippen molar-refractivity contribution in [1.29, 1.82) is 0 Å². The van der Waals surface area contributed by atoms with Crippen LogP contribution in [0.25, 0.3) is 0 Å². The molecule has 7 heteroatoms. The van der Waals surface area contributed by atoms with E-state index in [2.05, 4.69) is 9.97 Å². The third-order valence-corrected chi connectivity index (χ3v) is 4.18. The normalized spacial score (nSPS) is 20.7. The Morgan fingerprint density at radius 1 is 1.32 bits per heavy atom. The van der Waals surface area contributed by atoms with Crippen LogP contribution in [0.3, 0.4) is 0 Å². The highest BCUT2D eigenvalue weighted by Gasteiger charge is 2.37. The summed E-state index contributed by atoms with van der Waals surface area (Å²) in [6.45, 7) is 1.60. The number of H-pyrrole nitrogens is 1. The van der Waals surface area contributed by atoms with E-state index in [-0.39, 0.29) is 29.3 Å². The molecule has 1 N–H and O–H groups in total. The van der Waals surface area contributed by atoms with Crippen molar-refractivity contribution in [3.63, 3.8) is 0 Å². The molecule has 0 aliphatic carbocycles. The maximum Gasteiger partial charge on any atom is 0.272 e. The zero-order valence-electron chi connectivity index (χ0n) is 14.4. The molecule has 3 rings (SSSR count). The van der Waals surface area contributed by atoms with Gasteiger partial charge in [0.2, 0.25) is 0 Å². The van der Waals surface area contributed by atoms with E-state index >= 15 is 0 Å². The molecule has 1 aromatic heterocycles. The minimum absolute atomic E-state index is 0.154. The molecule has 0 spiro atoms. The van der Waals surface area contributed by atoms with Gasteiger partial charge in [-0.05, 0) is 19.7 Å². The fourth-order valence-electron chi connectivity index (χ4n) is 3.16. The Balaban J connectivity index is 1.97. The number of benzene rings is 1. The maximum atomic E-state index is 13.0. The standard InChI is InChI=1S/C18H22N4O3/c1-21(2)12-15-17(13-6-4-3-5-7-13)22(8-9-25-15)18(24)14-10-19-11-16(23)20-14/h3-7,10-11,15,17H,8-9,12H2,1-2H3,(H,20,23)/t15-,17-/m0/s1. The zero-order chi connectivity index (χ0) is 17.8. The van der Waals surface area contributed by atoms with Crippen LogP contribution >= 0.6 is 0 Å². The molecule has 1 aliphatic rings. The third kappa shape index (κ3) is 3.94. The Kier molecular flexibility index (Phi) is 5.25. The van der Waals surface area contributed by atoms with Gasteiger partial charge in [-0.25, -0.2) is 0 Å². The molecule has 7 nitrogen and oxygen atoms in total. The SMILES string of the molecule is CN(C)C[C@@H]1OCCN(C(=O)c2cncc(=O)[nH]2)[C@H]1c1ccccc1. The number of rotatable bonds is 4. The van der Waals surface area contributed by atoms with Gasteiger partial charge >= 0.3 is 0 Å². The molecule has 0 radical (unpaired) electrons. The van der Waals surface area contributed by atoms with Crippen LogP contribution in [0.5, 0.6) is 0 Å². The van der Waals surface area contributed by atoms with Gasteiger partial charge in [-0.15, -0.1) is 0 Å². The fraction of sp³-hybridized carbons (Fsp3) is 0.389. The maximum absolute atomic E-state index is 13.0. The van der Waals surface area contributed by atoms with Gasteiger partial charge in [0.05, 0.1) is 31.1 Å². The number of hydrogen-bond donors (Lipinski definition) is 1. The number of morpholine rings is 1. The smallest absolute Gasteiger partial charge is 0.272 e. The lowest BCUT2D eigenvalue weighted by Crippen LogP contribution is -2.51. The summed E-state index contributed by atoms with van der Waals surface area (Å²) in [5, 5.41) is 0. The Bertz CT molecular complexity index is 775. The largest absolute Gasteiger partial charge is 0.373 e. The predicted octanol–water partition coefficient (Wildman–Crippen LogP) is 0.914. The molecule has 1 fully saturated rings. The summed E-state index contributed by atoms with van der Waals surface area (Å²) in [7, 11) is 3.95. The van der Waals surface area contributed by atoms with E-state index in [0.29, 0.717) is 19.7 Å². The van der Waals surface area contributed by atoms with Gasteiger partial charge in [0.25, 0.3) is 11.5 Å². The number of likely N-dealkylation sites (N-methyl/N-ethyl adjacent to an activating group) is 1. The molecular weight excluding hydrogens is 320 g/mol. The second-order valence-corrected chi connectivity index (χ2v) is 6.34. The van der Waals surface area contributed by atoms with E-state index in [1.165, 1.54) is 6.20 Å². The average Bonchev–Trinajstić information content (AvgIpc) is 2.61. The number of aromatic amines is 1. The molecule has 2 aromatic rings. The van der Waals surface area contributed by atoms with Gasteiger partial charge in [0.15, 0.2) is 0 Å². The average molecular weight is 342 g/mol. The van der Waals surface area contributed by atoms with E-state index in [1.54, 1.807) is 4.90 Å². The zero-order valence-corrected chi connectivity index (χ0v) is 14.4. The van der Waals surface area contributed by atoms with Gasteiger partial charge in [0.1, 0.15) is 5.69 Å². The topological polar surface area (TPSA) is 78.5 Å². The van der Waals surface area contributed by atoms with Crippen LogP contribution in [0.4, 0.5) is 0 Å². The Morgan fingerprint density at radius 3 is 2.76 bits per heavy atom. The first-order valence-corrected chi connectivity index (χ1v) is 8.23. The van der Waals surface area contributed by atoms with Crippen LogP contribution in [0, 0.1) is 0 Å². The molecule has 1 aliphatic heterocycles. The summed E-state index contributed by atoms with van der Waals surface area (Å²) < 4.78 is 5.97. The van der Waals surface area contributed by atoms with Crippen molar-refractivity contribution in [2.75, 3.05) is 33.8 Å². The van der Waals surface area contributed by atoms with E-state index in [9.17, 15) is 9.59 Å². The summed E-state index contributed by atoms with van der Waals surface area (Å²) in [5.74, 6) is -0.244. The van der Waals surface area contributed by atoms with Crippen LogP contribution in [-0.4, -0.2) is 65.6 Å². The first-order valence-electron chi connectivity index (χ1n) is 8.23. The molecule has 25 heavy (non-hydrogen) atoms. The molecule has 2 atom stereocenters. The molecule has 132 valence electrons. The summed E-state index contributed by atoms with van der Waals surface area (Å²) in [6, 6.07) is 9.60. The van der Waals surface area contributed by atoms with E-state index in [4.69, 9.17) is 4.74 Å². The number of amides is 1. The first kappa shape index (κ1) is 17.3. The highest BCUT2D eigenvalue weighted by Crippen LogP contribution is 2.30. The number of nitrogens with zero attached hydrogens (tertiary/aromatic N) is 3. The highest BCUT2D eigenvalue weighted by atomic mass is 16.5. The number of nitrogens with one attached hydrogen (secondary N) is 1. The third-order valence-electron chi connectivity index (χ3n) is 4.18. The summed E-state index contributed by atoms with van der Waals surface area (Å²) in [5.41, 5.74) is 0.813. The van der Waals surface area contributed by atoms with Crippen LogP contribution < -0.4 is 5.56 Å². The molecule has 1 amide bonds. The lowest BCUT2D eigenvalue weighted by Gasteiger charge is -2.42. The van der Waals surface area contributed by atoms with Crippen molar-refractivity contribution < 1.29 is 9.53 Å². The van der Waals surface area contributed by atoms with Gasteiger partial charge in [-0.1, -0.05) is 30.3 Å². The van der Waals surface area contributed by atoms with Crippen LogP contribution in [-0.2, 0) is 4.74 Å². The number of aromatic nitrogens is 2. The van der Waals surface area contributed by atoms with Gasteiger partial charge in [0, 0.05) is 13.1 Å². The fourth-order valence-corrected chi connectivity index (χ4v) is 3.16. The van der Waals surface area contributed by atoms with E-state index in [0.717, 1.165) is 11.8 Å². The molecule has 1 saturated heterocycles. The Hall–Kier alpha value is -2.51. The second kappa shape index (κ2) is 7.58. The van der Waals surface area contributed by atoms with Crippen molar-refractivity contribution in [3.8, 4) is 0 Å². The molecule has 1 aromatic carbocycles. The number of ether oxygens (including phenoxy) is 1. The lowest BCUT2D eigenvalue weighted by molar-refractivity contribution is -0.0686. The quantitative estimate of drug-likeness (QED) is 0.894. The van der Waals surface area contributed by atoms with Crippen molar-refractivity contribution in [2.24, 2.45) is 0 Å². The van der Waals surface area contributed by atoms with Gasteiger partial charge in [-0.2, -0.15) is 0 Å². The summed E-state index contributed by atoms with van der Waals surface area (Å²) in [4.78, 5) is 34.7. The van der Waals surface area contributed by atoms with Gasteiger partial charge < -0.3 is 19.5 Å². The minimum Gasteiger partial charge on any atom is -0.373 e. The number of carbonyl (C=O) groups excluding carboxylic acids is 1. The lowest BCUT2D eigenvalue weighted by atomic mass is 9.97. The molecule has 2 heterocycles. The molecule has 0 saturated carbocycles. The molecular formula is C18H22N4O3. The number of carbonyl (C=O) groups is 1. The van der Waals surface area contributed by atoms with E-state index < -0.39 is 0 Å². The van der Waals surface area contributed by atoms with Crippen LogP contribution in [0.15, 0.2) is 47.5 Å². The predicted molar refractivity (Wildman–Crippen MR) is 93.4 cm³/mol. The summed E-state index contributed by atoms with van der Waals surface area (Å²) >= 11 is 0. The first-order chi connectivity index (χ1) is 12.1. The molecule has 0 bridgehead atoms. The molecule has 0 unspecified atom stereocenters. The van der Waals surface area contributed by atoms with Crippen molar-refractivity contribution >= 4 is 5.91 Å². The van der Waals surface area contributed by atoms with Crippen LogP contribution in [0.1, 0.15) is 22.1 Å². The Morgan fingerprint density at radius 2 is 2.08 bits per heavy atom. The van der Waals surface area contributed by atoms with E-state index in [1.807, 2.05) is 49.3 Å². The summed E-state index contributed by atoms with van der Waals surface area (Å²) in [6.07, 6.45) is 2.39. The Labute approximate surface area is 146 Å². The van der Waals surface area contributed by atoms with Crippen molar-refractivity contribution in [3.05, 3.63) is 64.3 Å². The van der Waals surface area contributed by atoms with Crippen molar-refractivity contribution in [2.45, 2.75) is 12.1 Å².